The Balaban J connectivity index is 1.70. The third-order valence-electron chi connectivity index (χ3n) is 4.86. The maximum absolute atomic E-state index is 5.01. The monoisotopic (exact) mass is 308 g/mol. The highest BCUT2D eigenvalue weighted by molar-refractivity contribution is 7.15. The van der Waals surface area contributed by atoms with Gasteiger partial charge in [0.2, 0.25) is 0 Å². The molecule has 1 N–H and O–H groups in total. The molecule has 1 aliphatic heterocycles. The minimum atomic E-state index is 0.489. The molecule has 1 saturated heterocycles. The molecule has 5 heteroatoms. The van der Waals surface area contributed by atoms with E-state index in [0.717, 1.165) is 25.7 Å². The standard InChI is InChI=1S/C16H28N4S/c1-4-17-13-6-5-7-14-15(13)18-16(21-14)20-10-8-12(9-11-20)19(2)3/h12-13,17H,4-11H2,1-3H3. The number of nitrogens with zero attached hydrogens (tertiary/aromatic N) is 3. The van der Waals surface area contributed by atoms with Gasteiger partial charge in [0.15, 0.2) is 5.13 Å². The minimum Gasteiger partial charge on any atom is -0.348 e. The van der Waals surface area contributed by atoms with E-state index in [1.165, 1.54) is 47.8 Å². The molecule has 1 unspecified atom stereocenters. The summed E-state index contributed by atoms with van der Waals surface area (Å²) in [6.07, 6.45) is 6.28. The highest BCUT2D eigenvalue weighted by Crippen LogP contribution is 2.37. The molecule has 0 radical (unpaired) electrons. The molecule has 1 atom stereocenters. The summed E-state index contributed by atoms with van der Waals surface area (Å²) in [6.45, 7) is 5.53. The second-order valence-electron chi connectivity index (χ2n) is 6.49. The highest BCUT2D eigenvalue weighted by Gasteiger charge is 2.27. The van der Waals surface area contributed by atoms with Gasteiger partial charge in [-0.2, -0.15) is 0 Å². The molecule has 0 aromatic carbocycles. The summed E-state index contributed by atoms with van der Waals surface area (Å²) in [5, 5.41) is 4.86. The molecule has 1 aromatic heterocycles. The van der Waals surface area contributed by atoms with Gasteiger partial charge in [0.05, 0.1) is 11.7 Å². The number of thiazole rings is 1. The molecule has 21 heavy (non-hydrogen) atoms. The largest absolute Gasteiger partial charge is 0.348 e. The molecular weight excluding hydrogens is 280 g/mol. The second kappa shape index (κ2) is 6.63. The Hall–Kier alpha value is -0.650. The molecule has 1 aromatic rings. The lowest BCUT2D eigenvalue weighted by Gasteiger charge is -2.35. The van der Waals surface area contributed by atoms with Crippen LogP contribution in [0.5, 0.6) is 0 Å². The van der Waals surface area contributed by atoms with Crippen molar-refractivity contribution in [3.63, 3.8) is 0 Å². The van der Waals surface area contributed by atoms with Gasteiger partial charge in [0, 0.05) is 24.0 Å². The van der Waals surface area contributed by atoms with Crippen molar-refractivity contribution in [2.24, 2.45) is 0 Å². The van der Waals surface area contributed by atoms with Gasteiger partial charge in [-0.3, -0.25) is 0 Å². The maximum Gasteiger partial charge on any atom is 0.185 e. The van der Waals surface area contributed by atoms with Crippen molar-refractivity contribution in [1.82, 2.24) is 15.2 Å². The van der Waals surface area contributed by atoms with Crippen LogP contribution in [0.25, 0.3) is 0 Å². The lowest BCUT2D eigenvalue weighted by Crippen LogP contribution is -2.42. The van der Waals surface area contributed by atoms with Crippen molar-refractivity contribution < 1.29 is 0 Å². The van der Waals surface area contributed by atoms with E-state index in [9.17, 15) is 0 Å². The zero-order valence-electron chi connectivity index (χ0n) is 13.6. The lowest BCUT2D eigenvalue weighted by molar-refractivity contribution is 0.249. The third-order valence-corrected chi connectivity index (χ3v) is 6.05. The second-order valence-corrected chi connectivity index (χ2v) is 7.55. The first-order chi connectivity index (χ1) is 10.2. The SMILES string of the molecule is CCNC1CCCc2sc(N3CCC(N(C)C)CC3)nc21. The molecule has 118 valence electrons. The van der Waals surface area contributed by atoms with Gasteiger partial charge in [0.1, 0.15) is 0 Å². The van der Waals surface area contributed by atoms with Crippen LogP contribution in [0.2, 0.25) is 0 Å². The van der Waals surface area contributed by atoms with E-state index in [2.05, 4.69) is 36.1 Å². The normalized spacial score (nSPS) is 23.6. The van der Waals surface area contributed by atoms with Gasteiger partial charge >= 0.3 is 0 Å². The van der Waals surface area contributed by atoms with E-state index in [1.807, 2.05) is 11.3 Å². The number of hydrogen-bond acceptors (Lipinski definition) is 5. The number of aryl methyl sites for hydroxylation is 1. The maximum atomic E-state index is 5.01. The molecular formula is C16H28N4S. The van der Waals surface area contributed by atoms with Crippen LogP contribution in [0.1, 0.15) is 49.2 Å². The van der Waals surface area contributed by atoms with Crippen LogP contribution < -0.4 is 10.2 Å². The number of anilines is 1. The van der Waals surface area contributed by atoms with E-state index in [1.54, 1.807) is 0 Å². The molecule has 1 fully saturated rings. The number of aromatic nitrogens is 1. The Morgan fingerprint density at radius 2 is 2.05 bits per heavy atom. The minimum absolute atomic E-state index is 0.489. The zero-order valence-corrected chi connectivity index (χ0v) is 14.4. The number of fused-ring (bicyclic) bond motifs is 1. The van der Waals surface area contributed by atoms with Crippen molar-refractivity contribution in [2.45, 2.75) is 51.1 Å². The summed E-state index contributed by atoms with van der Waals surface area (Å²) in [5.74, 6) is 0. The molecule has 0 amide bonds. The average molecular weight is 308 g/mol. The number of nitrogens with one attached hydrogen (secondary N) is 1. The summed E-state index contributed by atoms with van der Waals surface area (Å²) in [4.78, 5) is 11.4. The van der Waals surface area contributed by atoms with Crippen molar-refractivity contribution >= 4 is 16.5 Å². The average Bonchev–Trinajstić information content (AvgIpc) is 2.93. The van der Waals surface area contributed by atoms with Gasteiger partial charge in [0.25, 0.3) is 0 Å². The van der Waals surface area contributed by atoms with E-state index in [4.69, 9.17) is 4.98 Å². The molecule has 3 rings (SSSR count). The first kappa shape index (κ1) is 15.3. The van der Waals surface area contributed by atoms with Crippen molar-refractivity contribution in [3.8, 4) is 0 Å². The van der Waals surface area contributed by atoms with Crippen LogP contribution in [0.15, 0.2) is 0 Å². The lowest BCUT2D eigenvalue weighted by atomic mass is 9.98. The fraction of sp³-hybridized carbons (Fsp3) is 0.812. The van der Waals surface area contributed by atoms with E-state index < -0.39 is 0 Å². The van der Waals surface area contributed by atoms with Crippen LogP contribution in [-0.2, 0) is 6.42 Å². The topological polar surface area (TPSA) is 31.4 Å². The van der Waals surface area contributed by atoms with Crippen LogP contribution >= 0.6 is 11.3 Å². The Morgan fingerprint density at radius 1 is 1.29 bits per heavy atom. The fourth-order valence-electron chi connectivity index (χ4n) is 3.56. The zero-order chi connectivity index (χ0) is 14.8. The predicted molar refractivity (Wildman–Crippen MR) is 90.4 cm³/mol. The molecule has 4 nitrogen and oxygen atoms in total. The van der Waals surface area contributed by atoms with Crippen LogP contribution in [0.3, 0.4) is 0 Å². The van der Waals surface area contributed by atoms with E-state index in [-0.39, 0.29) is 0 Å². The smallest absolute Gasteiger partial charge is 0.185 e. The Morgan fingerprint density at radius 3 is 2.71 bits per heavy atom. The predicted octanol–water partition coefficient (Wildman–Crippen LogP) is 2.66. The summed E-state index contributed by atoms with van der Waals surface area (Å²) >= 11 is 1.94. The summed E-state index contributed by atoms with van der Waals surface area (Å²) in [5.41, 5.74) is 1.35. The molecule has 0 bridgehead atoms. The molecule has 1 aliphatic carbocycles. The third kappa shape index (κ3) is 3.25. The first-order valence-corrected chi connectivity index (χ1v) is 9.15. The van der Waals surface area contributed by atoms with Crippen molar-refractivity contribution in [2.75, 3.05) is 38.6 Å². The summed E-state index contributed by atoms with van der Waals surface area (Å²) in [7, 11) is 4.40. The van der Waals surface area contributed by atoms with Gasteiger partial charge < -0.3 is 15.1 Å². The number of hydrogen-bond donors (Lipinski definition) is 1. The van der Waals surface area contributed by atoms with Gasteiger partial charge in [-0.05, 0) is 52.7 Å². The Labute approximate surface area is 132 Å². The quantitative estimate of drug-likeness (QED) is 0.926. The summed E-state index contributed by atoms with van der Waals surface area (Å²) < 4.78 is 0. The Bertz CT molecular complexity index is 463. The summed E-state index contributed by atoms with van der Waals surface area (Å²) in [6, 6.07) is 1.23. The van der Waals surface area contributed by atoms with Crippen LogP contribution in [-0.4, -0.2) is 49.7 Å². The van der Waals surface area contributed by atoms with Gasteiger partial charge in [-0.15, -0.1) is 11.3 Å². The van der Waals surface area contributed by atoms with Crippen LogP contribution in [0, 0.1) is 0 Å². The molecule has 0 saturated carbocycles. The fourth-order valence-corrected chi connectivity index (χ4v) is 4.77. The highest BCUT2D eigenvalue weighted by atomic mass is 32.1. The van der Waals surface area contributed by atoms with Crippen molar-refractivity contribution in [1.29, 1.82) is 0 Å². The Kier molecular flexibility index (Phi) is 4.82. The number of piperidine rings is 1. The molecule has 2 aliphatic rings. The van der Waals surface area contributed by atoms with Gasteiger partial charge in [-0.25, -0.2) is 4.98 Å². The van der Waals surface area contributed by atoms with Crippen LogP contribution in [0.4, 0.5) is 5.13 Å². The van der Waals surface area contributed by atoms with Gasteiger partial charge in [-0.1, -0.05) is 6.92 Å². The molecule has 2 heterocycles. The molecule has 0 spiro atoms. The van der Waals surface area contributed by atoms with E-state index in [0.29, 0.717) is 6.04 Å². The van der Waals surface area contributed by atoms with E-state index >= 15 is 0 Å². The first-order valence-electron chi connectivity index (χ1n) is 8.33. The van der Waals surface area contributed by atoms with Crippen molar-refractivity contribution in [3.05, 3.63) is 10.6 Å². The number of rotatable bonds is 4.